The van der Waals surface area contributed by atoms with Gasteiger partial charge in [-0.3, -0.25) is 4.79 Å². The second-order valence-corrected chi connectivity index (χ2v) is 13.2. The number of hydrogen-bond donors (Lipinski definition) is 4. The van der Waals surface area contributed by atoms with E-state index in [1.807, 2.05) is 13.8 Å². The number of benzene rings is 2. The van der Waals surface area contributed by atoms with Gasteiger partial charge in [0.25, 0.3) is 5.91 Å². The van der Waals surface area contributed by atoms with E-state index in [9.17, 15) is 32.7 Å². The van der Waals surface area contributed by atoms with Crippen molar-refractivity contribution in [1.82, 2.24) is 15.0 Å². The van der Waals surface area contributed by atoms with Gasteiger partial charge in [-0.05, 0) is 89.4 Å². The highest BCUT2D eigenvalue weighted by Crippen LogP contribution is 2.31. The molecule has 4 rings (SSSR count). The lowest BCUT2D eigenvalue weighted by molar-refractivity contribution is -0.137. The molecule has 1 aromatic heterocycles. The van der Waals surface area contributed by atoms with Gasteiger partial charge >= 0.3 is 18.2 Å². The number of nitrogens with zero attached hydrogens (tertiary/aromatic N) is 3. The van der Waals surface area contributed by atoms with Crippen LogP contribution in [0.4, 0.5) is 39.8 Å². The van der Waals surface area contributed by atoms with Gasteiger partial charge in [0.05, 0.1) is 36.0 Å². The molecule has 0 fully saturated rings. The molecule has 0 saturated heterocycles. The van der Waals surface area contributed by atoms with Crippen LogP contribution in [0.3, 0.4) is 0 Å². The SMILES string of the molecule is Cc1noc(C)c1NC(=O)N(C)C[C@@H]1OCCCC[C@H](C)Oc2ccc(NC(=O)Nc3ccc(C(F)(F)F)cc3)cc2C(=O)N([C@@H](C)CO)C[C@@H]1C. The monoisotopic (exact) mass is 732 g/mol. The fraction of sp³-hybridized carbons (Fsp3) is 0.500. The summed E-state index contributed by atoms with van der Waals surface area (Å²) < 4.78 is 56.6. The topological polar surface area (TPSA) is 158 Å². The summed E-state index contributed by atoms with van der Waals surface area (Å²) in [6, 6.07) is 6.85. The number of carbonyl (C=O) groups is 3. The quantitative estimate of drug-likeness (QED) is 0.204. The molecule has 1 aliphatic heterocycles. The van der Waals surface area contributed by atoms with Crippen LogP contribution in [-0.4, -0.2) is 89.6 Å². The van der Waals surface area contributed by atoms with Crippen molar-refractivity contribution in [2.24, 2.45) is 5.92 Å². The number of aliphatic hydroxyl groups is 1. The summed E-state index contributed by atoms with van der Waals surface area (Å²) >= 11 is 0. The third-order valence-electron chi connectivity index (χ3n) is 8.85. The summed E-state index contributed by atoms with van der Waals surface area (Å²) in [6.07, 6.45) is -3.13. The van der Waals surface area contributed by atoms with Crippen LogP contribution < -0.4 is 20.7 Å². The predicted molar refractivity (Wildman–Crippen MR) is 189 cm³/mol. The molecule has 0 saturated carbocycles. The van der Waals surface area contributed by atoms with Crippen LogP contribution in [0.15, 0.2) is 47.0 Å². The molecule has 13 nitrogen and oxygen atoms in total. The van der Waals surface area contributed by atoms with E-state index in [1.165, 1.54) is 15.9 Å². The van der Waals surface area contributed by atoms with Crippen LogP contribution in [0, 0.1) is 19.8 Å². The summed E-state index contributed by atoms with van der Waals surface area (Å²) in [6.45, 7) is 9.34. The summed E-state index contributed by atoms with van der Waals surface area (Å²) in [5.74, 6) is -0.0164. The van der Waals surface area contributed by atoms with E-state index in [1.54, 1.807) is 40.0 Å². The molecular weight excluding hydrogens is 685 g/mol. The minimum Gasteiger partial charge on any atom is -0.490 e. The van der Waals surface area contributed by atoms with Crippen molar-refractivity contribution in [3.8, 4) is 5.75 Å². The lowest BCUT2D eigenvalue weighted by atomic mass is 10.0. The molecule has 0 unspecified atom stereocenters. The molecule has 4 atom stereocenters. The third-order valence-corrected chi connectivity index (χ3v) is 8.85. The summed E-state index contributed by atoms with van der Waals surface area (Å²) in [7, 11) is 1.64. The van der Waals surface area contributed by atoms with Crippen molar-refractivity contribution >= 4 is 35.0 Å². The Morgan fingerprint density at radius 3 is 2.37 bits per heavy atom. The lowest BCUT2D eigenvalue weighted by Crippen LogP contribution is -2.48. The molecule has 5 amide bonds. The van der Waals surface area contributed by atoms with Crippen LogP contribution in [0.25, 0.3) is 0 Å². The maximum atomic E-state index is 14.4. The Morgan fingerprint density at radius 2 is 1.73 bits per heavy atom. The van der Waals surface area contributed by atoms with Crippen molar-refractivity contribution in [3.63, 3.8) is 0 Å². The Labute approximate surface area is 300 Å². The smallest absolute Gasteiger partial charge is 0.416 e. The van der Waals surface area contributed by atoms with Gasteiger partial charge in [0.1, 0.15) is 17.1 Å². The fourth-order valence-electron chi connectivity index (χ4n) is 5.72. The van der Waals surface area contributed by atoms with Gasteiger partial charge < -0.3 is 44.9 Å². The first kappa shape index (κ1) is 39.9. The Bertz CT molecular complexity index is 1660. The van der Waals surface area contributed by atoms with E-state index >= 15 is 0 Å². The van der Waals surface area contributed by atoms with E-state index < -0.39 is 35.8 Å². The maximum absolute atomic E-state index is 14.4. The Morgan fingerprint density at radius 1 is 1.06 bits per heavy atom. The average molecular weight is 733 g/mol. The summed E-state index contributed by atoms with van der Waals surface area (Å²) in [4.78, 5) is 43.4. The highest BCUT2D eigenvalue weighted by atomic mass is 19.4. The van der Waals surface area contributed by atoms with Crippen LogP contribution in [0.2, 0.25) is 0 Å². The molecule has 0 bridgehead atoms. The van der Waals surface area contributed by atoms with Crippen molar-refractivity contribution in [3.05, 3.63) is 65.0 Å². The van der Waals surface area contributed by atoms with Crippen LogP contribution in [0.5, 0.6) is 5.75 Å². The molecule has 0 aliphatic carbocycles. The van der Waals surface area contributed by atoms with Gasteiger partial charge in [-0.15, -0.1) is 0 Å². The van der Waals surface area contributed by atoms with Crippen molar-refractivity contribution in [2.75, 3.05) is 49.3 Å². The number of aromatic nitrogens is 1. The number of aliphatic hydroxyl groups excluding tert-OH is 1. The number of nitrogens with one attached hydrogen (secondary N) is 3. The molecule has 0 radical (unpaired) electrons. The fourth-order valence-corrected chi connectivity index (χ4v) is 5.72. The van der Waals surface area contributed by atoms with Crippen LogP contribution in [0.1, 0.15) is 67.4 Å². The zero-order valence-corrected chi connectivity index (χ0v) is 30.2. The normalized spacial score (nSPS) is 19.5. The summed E-state index contributed by atoms with van der Waals surface area (Å²) in [5, 5.41) is 22.1. The van der Waals surface area contributed by atoms with E-state index in [0.29, 0.717) is 30.2 Å². The molecule has 0 spiro atoms. The van der Waals surface area contributed by atoms with Crippen molar-refractivity contribution < 1.29 is 46.7 Å². The van der Waals surface area contributed by atoms with Crippen LogP contribution in [-0.2, 0) is 10.9 Å². The van der Waals surface area contributed by atoms with Gasteiger partial charge in [0, 0.05) is 44.0 Å². The maximum Gasteiger partial charge on any atom is 0.416 e. The predicted octanol–water partition coefficient (Wildman–Crippen LogP) is 6.91. The van der Waals surface area contributed by atoms with Crippen molar-refractivity contribution in [1.29, 1.82) is 0 Å². The molecule has 4 N–H and O–H groups in total. The second kappa shape index (κ2) is 17.6. The number of ether oxygens (including phenoxy) is 2. The Balaban J connectivity index is 1.57. The molecule has 2 aromatic carbocycles. The van der Waals surface area contributed by atoms with Gasteiger partial charge in [-0.2, -0.15) is 13.2 Å². The average Bonchev–Trinajstić information content (AvgIpc) is 3.41. The first-order valence-corrected chi connectivity index (χ1v) is 17.1. The molecule has 52 heavy (non-hydrogen) atoms. The standard InChI is InChI=1S/C36H47F3N6O7/c1-21-18-45(22(2)20-46)33(47)29-17-28(41-34(48)40-27-12-10-26(11-13-27)36(37,38)39)14-15-30(29)51-23(3)9-7-8-16-50-31(21)19-44(6)35(49)42-32-24(4)43-52-25(32)5/h10-15,17,21-23,31,46H,7-9,16,18-20H2,1-6H3,(H,42,49)(H2,40,41,48)/t21-,22-,23-,31-/m0/s1. The molecular formula is C36H47F3N6O7. The van der Waals surface area contributed by atoms with Gasteiger partial charge in [0.15, 0.2) is 5.76 Å². The summed E-state index contributed by atoms with van der Waals surface area (Å²) in [5.41, 5.74) is 0.689. The molecule has 3 aromatic rings. The number of anilines is 3. The van der Waals surface area contributed by atoms with Gasteiger partial charge in [-0.1, -0.05) is 12.1 Å². The van der Waals surface area contributed by atoms with E-state index in [2.05, 4.69) is 21.1 Å². The number of hydrogen-bond acceptors (Lipinski definition) is 8. The highest BCUT2D eigenvalue weighted by molar-refractivity contribution is 6.02. The molecule has 2 heterocycles. The number of carbonyl (C=O) groups excluding carboxylic acids is 3. The largest absolute Gasteiger partial charge is 0.490 e. The molecule has 16 heteroatoms. The zero-order chi connectivity index (χ0) is 38.2. The number of fused-ring (bicyclic) bond motifs is 1. The number of aryl methyl sites for hydroxylation is 2. The molecule has 1 aliphatic rings. The number of rotatable bonds is 7. The van der Waals surface area contributed by atoms with Gasteiger partial charge in [-0.25, -0.2) is 9.59 Å². The first-order valence-electron chi connectivity index (χ1n) is 17.1. The first-order chi connectivity index (χ1) is 24.6. The third kappa shape index (κ3) is 10.6. The van der Waals surface area contributed by atoms with E-state index in [0.717, 1.165) is 37.1 Å². The van der Waals surface area contributed by atoms with E-state index in [-0.39, 0.29) is 60.4 Å². The van der Waals surface area contributed by atoms with E-state index in [4.69, 9.17) is 14.0 Å². The number of likely N-dealkylation sites (N-methyl/N-ethyl adjacent to an activating group) is 1. The van der Waals surface area contributed by atoms with Crippen LogP contribution >= 0.6 is 0 Å². The van der Waals surface area contributed by atoms with Gasteiger partial charge in [0.2, 0.25) is 0 Å². The number of amides is 5. The lowest BCUT2D eigenvalue weighted by Gasteiger charge is -2.35. The minimum absolute atomic E-state index is 0.136. The number of halogens is 3. The second-order valence-electron chi connectivity index (χ2n) is 13.2. The minimum atomic E-state index is -4.51. The number of alkyl halides is 3. The Hall–Kier alpha value is -4.83. The highest BCUT2D eigenvalue weighted by Gasteiger charge is 2.32. The zero-order valence-electron chi connectivity index (χ0n) is 30.2. The number of urea groups is 2. The van der Waals surface area contributed by atoms with Crippen molar-refractivity contribution in [2.45, 2.75) is 78.3 Å². The Kier molecular flexibility index (Phi) is 13.5. The molecule has 284 valence electrons.